The van der Waals surface area contributed by atoms with Gasteiger partial charge in [-0.15, -0.1) is 0 Å². The molecule has 0 unspecified atom stereocenters. The molecule has 4 heteroatoms. The normalized spacial score (nSPS) is 15.5. The summed E-state index contributed by atoms with van der Waals surface area (Å²) in [5, 5.41) is 0. The lowest BCUT2D eigenvalue weighted by Crippen LogP contribution is -2.33. The first-order valence-corrected chi connectivity index (χ1v) is 9.85. The zero-order chi connectivity index (χ0) is 16.9. The molecule has 0 N–H and O–H groups in total. The molecule has 0 spiro atoms. The molecule has 0 bridgehead atoms. The van der Waals surface area contributed by atoms with Gasteiger partial charge >= 0.3 is 0 Å². The Morgan fingerprint density at radius 2 is 1.52 bits per heavy atom. The molecule has 128 valence electrons. The predicted octanol–water partition coefficient (Wildman–Crippen LogP) is 4.17. The van der Waals surface area contributed by atoms with Gasteiger partial charge in [-0.3, -0.25) is 0 Å². The Bertz CT molecular complexity index is 383. The van der Waals surface area contributed by atoms with Gasteiger partial charge in [0.15, 0.2) is 9.84 Å². The highest BCUT2D eigenvalue weighted by molar-refractivity contribution is 7.91. The van der Waals surface area contributed by atoms with E-state index in [-0.39, 0.29) is 28.3 Å². The maximum Gasteiger partial charge on any atom is 0.150 e. The minimum atomic E-state index is -3.00. The topological polar surface area (TPSA) is 43.4 Å². The average Bonchev–Trinajstić information content (AvgIpc) is 2.22. The smallest absolute Gasteiger partial charge is 0.150 e. The number of hydrogen-bond acceptors (Lipinski definition) is 3. The minimum absolute atomic E-state index is 0.0178. The van der Waals surface area contributed by atoms with Crippen molar-refractivity contribution in [2.45, 2.75) is 61.8 Å². The van der Waals surface area contributed by atoms with E-state index < -0.39 is 9.84 Å². The Kier molecular flexibility index (Phi) is 7.92. The van der Waals surface area contributed by atoms with Gasteiger partial charge in [-0.25, -0.2) is 8.42 Å². The van der Waals surface area contributed by atoms with Crippen molar-refractivity contribution in [1.29, 1.82) is 0 Å². The number of hydrogen-bond donors (Lipinski definition) is 0. The van der Waals surface area contributed by atoms with Crippen LogP contribution in [0.1, 0.15) is 61.8 Å². The second-order valence-corrected chi connectivity index (χ2v) is 11.0. The second kappa shape index (κ2) is 7.96. The van der Waals surface area contributed by atoms with Crippen LogP contribution in [0.15, 0.2) is 0 Å². The summed E-state index contributed by atoms with van der Waals surface area (Å²) in [4.78, 5) is 0. The van der Waals surface area contributed by atoms with Crippen molar-refractivity contribution < 1.29 is 13.2 Å². The first-order chi connectivity index (χ1) is 9.25. The van der Waals surface area contributed by atoms with Crippen molar-refractivity contribution >= 4 is 9.84 Å². The van der Waals surface area contributed by atoms with Gasteiger partial charge in [-0.05, 0) is 29.1 Å². The molecule has 21 heavy (non-hydrogen) atoms. The Hall–Kier alpha value is -0.0900. The molecule has 0 radical (unpaired) electrons. The zero-order valence-electron chi connectivity index (χ0n) is 15.3. The lowest BCUT2D eigenvalue weighted by atomic mass is 9.75. The molecular weight excluding hydrogens is 284 g/mol. The molecule has 0 aromatic carbocycles. The SMILES string of the molecule is CC(C)[C@@H](CS(=O)(=O)CCCOCC(C)(C)C)C(C)(C)C. The molecule has 0 fully saturated rings. The van der Waals surface area contributed by atoms with E-state index in [2.05, 4.69) is 55.4 Å². The van der Waals surface area contributed by atoms with Gasteiger partial charge in [0.2, 0.25) is 0 Å². The van der Waals surface area contributed by atoms with Crippen molar-refractivity contribution in [2.75, 3.05) is 24.7 Å². The van der Waals surface area contributed by atoms with Crippen molar-refractivity contribution in [3.8, 4) is 0 Å². The second-order valence-electron chi connectivity index (χ2n) is 8.80. The summed E-state index contributed by atoms with van der Waals surface area (Å²) in [5.74, 6) is 1.08. The first kappa shape index (κ1) is 20.9. The summed E-state index contributed by atoms with van der Waals surface area (Å²) in [7, 11) is -3.00. The Morgan fingerprint density at radius 3 is 1.90 bits per heavy atom. The van der Waals surface area contributed by atoms with Gasteiger partial charge < -0.3 is 4.74 Å². The van der Waals surface area contributed by atoms with Crippen molar-refractivity contribution in [3.63, 3.8) is 0 Å². The predicted molar refractivity (Wildman–Crippen MR) is 91.3 cm³/mol. The molecule has 0 heterocycles. The van der Waals surface area contributed by atoms with Crippen LogP contribution in [0.5, 0.6) is 0 Å². The number of sulfone groups is 1. The Balaban J connectivity index is 4.31. The number of rotatable bonds is 8. The van der Waals surface area contributed by atoms with E-state index in [4.69, 9.17) is 4.74 Å². The molecule has 0 aromatic rings. The fourth-order valence-corrected chi connectivity index (χ4v) is 4.72. The van der Waals surface area contributed by atoms with Crippen LogP contribution in [0.3, 0.4) is 0 Å². The van der Waals surface area contributed by atoms with E-state index >= 15 is 0 Å². The van der Waals surface area contributed by atoms with E-state index in [9.17, 15) is 8.42 Å². The molecule has 0 aliphatic heterocycles. The monoisotopic (exact) mass is 320 g/mol. The highest BCUT2D eigenvalue weighted by Crippen LogP contribution is 2.33. The third-order valence-electron chi connectivity index (χ3n) is 3.63. The van der Waals surface area contributed by atoms with Gasteiger partial charge in [-0.2, -0.15) is 0 Å². The maximum absolute atomic E-state index is 12.3. The molecule has 0 saturated carbocycles. The summed E-state index contributed by atoms with van der Waals surface area (Å²) >= 11 is 0. The molecule has 0 aliphatic carbocycles. The molecule has 0 saturated heterocycles. The quantitative estimate of drug-likeness (QED) is 0.630. The summed E-state index contributed by atoms with van der Waals surface area (Å²) in [6, 6.07) is 0. The van der Waals surface area contributed by atoms with Crippen molar-refractivity contribution in [3.05, 3.63) is 0 Å². The summed E-state index contributed by atoms with van der Waals surface area (Å²) < 4.78 is 30.1. The molecule has 1 atom stereocenters. The Labute approximate surface area is 132 Å². The van der Waals surface area contributed by atoms with Crippen LogP contribution in [0.25, 0.3) is 0 Å². The summed E-state index contributed by atoms with van der Waals surface area (Å²) in [5.41, 5.74) is 0.151. The zero-order valence-corrected chi connectivity index (χ0v) is 16.1. The van der Waals surface area contributed by atoms with Gasteiger partial charge in [0, 0.05) is 6.61 Å². The third-order valence-corrected chi connectivity index (χ3v) is 5.41. The lowest BCUT2D eigenvalue weighted by molar-refractivity contribution is 0.0720. The van der Waals surface area contributed by atoms with Crippen molar-refractivity contribution in [1.82, 2.24) is 0 Å². The van der Waals surface area contributed by atoms with Crippen molar-refractivity contribution in [2.24, 2.45) is 22.7 Å². The molecule has 0 aliphatic rings. The highest BCUT2D eigenvalue weighted by Gasteiger charge is 2.31. The van der Waals surface area contributed by atoms with Gasteiger partial charge in [-0.1, -0.05) is 55.4 Å². The molecule has 0 rings (SSSR count). The van der Waals surface area contributed by atoms with Crippen LogP contribution in [-0.4, -0.2) is 33.1 Å². The summed E-state index contributed by atoms with van der Waals surface area (Å²) in [6.45, 7) is 18.1. The van der Waals surface area contributed by atoms with Crippen LogP contribution in [-0.2, 0) is 14.6 Å². The van der Waals surface area contributed by atoms with E-state index in [1.807, 2.05) is 0 Å². The third kappa shape index (κ3) is 10.3. The fraction of sp³-hybridized carbons (Fsp3) is 1.00. The van der Waals surface area contributed by atoms with Crippen LogP contribution >= 0.6 is 0 Å². The molecule has 0 amide bonds. The van der Waals surface area contributed by atoms with Gasteiger partial charge in [0.05, 0.1) is 18.1 Å². The maximum atomic E-state index is 12.3. The Morgan fingerprint density at radius 1 is 1.00 bits per heavy atom. The lowest BCUT2D eigenvalue weighted by Gasteiger charge is -2.33. The average molecular weight is 321 g/mol. The standard InChI is InChI=1S/C17H36O3S/c1-14(2)15(17(6,7)8)12-21(18,19)11-9-10-20-13-16(3,4)5/h14-15H,9-13H2,1-8H3/t15-/m1/s1. The van der Waals surface area contributed by atoms with Gasteiger partial charge in [0.25, 0.3) is 0 Å². The van der Waals surface area contributed by atoms with E-state index in [0.717, 1.165) is 0 Å². The summed E-state index contributed by atoms with van der Waals surface area (Å²) in [6.07, 6.45) is 0.591. The fourth-order valence-electron chi connectivity index (χ4n) is 2.56. The van der Waals surface area contributed by atoms with E-state index in [0.29, 0.717) is 25.6 Å². The van der Waals surface area contributed by atoms with E-state index in [1.165, 1.54) is 0 Å². The van der Waals surface area contributed by atoms with Crippen LogP contribution in [0, 0.1) is 22.7 Å². The molecule has 3 nitrogen and oxygen atoms in total. The largest absolute Gasteiger partial charge is 0.381 e. The highest BCUT2D eigenvalue weighted by atomic mass is 32.2. The van der Waals surface area contributed by atoms with Crippen LogP contribution < -0.4 is 0 Å². The van der Waals surface area contributed by atoms with Crippen LogP contribution in [0.4, 0.5) is 0 Å². The van der Waals surface area contributed by atoms with Gasteiger partial charge in [0.1, 0.15) is 0 Å². The molecular formula is C17H36O3S. The van der Waals surface area contributed by atoms with E-state index in [1.54, 1.807) is 0 Å². The first-order valence-electron chi connectivity index (χ1n) is 8.03. The molecule has 0 aromatic heterocycles. The van der Waals surface area contributed by atoms with Crippen LogP contribution in [0.2, 0.25) is 0 Å². The number of ether oxygens (including phenoxy) is 1. The minimum Gasteiger partial charge on any atom is -0.381 e.